The summed E-state index contributed by atoms with van der Waals surface area (Å²) in [7, 11) is 0. The molecule has 1 aliphatic heterocycles. The Hall–Kier alpha value is -2.26. The minimum Gasteiger partial charge on any atom is -0.361 e. The van der Waals surface area contributed by atoms with E-state index in [1.54, 1.807) is 0 Å². The average Bonchev–Trinajstić information content (AvgIpc) is 3.07. The Morgan fingerprint density at radius 1 is 1.30 bits per heavy atom. The number of aromatic amines is 1. The van der Waals surface area contributed by atoms with Gasteiger partial charge >= 0.3 is 0 Å². The van der Waals surface area contributed by atoms with Crippen molar-refractivity contribution in [3.05, 3.63) is 64.8 Å². The number of aromatic nitrogens is 1. The van der Waals surface area contributed by atoms with Crippen LogP contribution in [0.1, 0.15) is 18.1 Å². The van der Waals surface area contributed by atoms with E-state index < -0.39 is 0 Å². The molecule has 1 unspecified atom stereocenters. The lowest BCUT2D eigenvalue weighted by atomic mass is 10.1. The second-order valence-electron chi connectivity index (χ2n) is 6.13. The van der Waals surface area contributed by atoms with Gasteiger partial charge in [0.25, 0.3) is 0 Å². The van der Waals surface area contributed by atoms with Crippen molar-refractivity contribution in [2.24, 2.45) is 0 Å². The minimum atomic E-state index is 0.128. The van der Waals surface area contributed by atoms with E-state index in [0.717, 1.165) is 28.6 Å². The average molecular weight is 325 g/mol. The van der Waals surface area contributed by atoms with E-state index in [1.165, 1.54) is 5.56 Å². The number of halogens is 1. The van der Waals surface area contributed by atoms with Gasteiger partial charge in [-0.2, -0.15) is 0 Å². The summed E-state index contributed by atoms with van der Waals surface area (Å²) in [6.45, 7) is 2.10. The lowest BCUT2D eigenvalue weighted by molar-refractivity contribution is -0.118. The van der Waals surface area contributed by atoms with Crippen LogP contribution in [0.3, 0.4) is 0 Å². The van der Waals surface area contributed by atoms with Crippen molar-refractivity contribution in [3.63, 3.8) is 0 Å². The van der Waals surface area contributed by atoms with Gasteiger partial charge in [0.2, 0.25) is 5.91 Å². The normalized spacial score (nSPS) is 16.8. The molecule has 1 aliphatic rings. The van der Waals surface area contributed by atoms with E-state index in [9.17, 15) is 4.79 Å². The molecule has 2 heterocycles. The first-order chi connectivity index (χ1) is 11.1. The molecule has 3 aromatic rings. The Kier molecular flexibility index (Phi) is 3.38. The minimum absolute atomic E-state index is 0.128. The largest absolute Gasteiger partial charge is 0.361 e. The van der Waals surface area contributed by atoms with Crippen molar-refractivity contribution < 1.29 is 4.79 Å². The number of rotatable bonds is 2. The van der Waals surface area contributed by atoms with Gasteiger partial charge < -0.3 is 9.88 Å². The van der Waals surface area contributed by atoms with Crippen LogP contribution in [-0.2, 0) is 17.6 Å². The highest BCUT2D eigenvalue weighted by Crippen LogP contribution is 2.33. The second-order valence-corrected chi connectivity index (χ2v) is 6.56. The van der Waals surface area contributed by atoms with Crippen molar-refractivity contribution in [1.29, 1.82) is 0 Å². The van der Waals surface area contributed by atoms with Gasteiger partial charge in [-0.25, -0.2) is 0 Å². The molecule has 3 nitrogen and oxygen atoms in total. The molecule has 1 amide bonds. The Balaban J connectivity index is 1.66. The Bertz CT molecular complexity index is 899. The summed E-state index contributed by atoms with van der Waals surface area (Å²) in [5, 5.41) is 1.71. The number of nitrogens with one attached hydrogen (secondary N) is 1. The molecule has 2 aromatic carbocycles. The number of anilines is 1. The maximum absolute atomic E-state index is 12.9. The Morgan fingerprint density at radius 3 is 3.00 bits per heavy atom. The van der Waals surface area contributed by atoms with Crippen LogP contribution in [0.5, 0.6) is 0 Å². The van der Waals surface area contributed by atoms with Crippen molar-refractivity contribution in [2.45, 2.75) is 25.8 Å². The van der Waals surface area contributed by atoms with Gasteiger partial charge in [0, 0.05) is 33.9 Å². The van der Waals surface area contributed by atoms with Gasteiger partial charge in [0.15, 0.2) is 0 Å². The summed E-state index contributed by atoms with van der Waals surface area (Å²) in [5.41, 5.74) is 4.29. The summed E-state index contributed by atoms with van der Waals surface area (Å²) in [4.78, 5) is 18.0. The number of para-hydroxylation sites is 1. The fourth-order valence-electron chi connectivity index (χ4n) is 3.49. The lowest BCUT2D eigenvalue weighted by Crippen LogP contribution is -2.36. The molecule has 0 fully saturated rings. The number of carbonyl (C=O) groups excluding carboxylic acids is 1. The lowest BCUT2D eigenvalue weighted by Gasteiger charge is -2.22. The zero-order valence-corrected chi connectivity index (χ0v) is 13.6. The zero-order valence-electron chi connectivity index (χ0n) is 12.8. The molecule has 0 bridgehead atoms. The van der Waals surface area contributed by atoms with Crippen molar-refractivity contribution in [3.8, 4) is 0 Å². The van der Waals surface area contributed by atoms with Crippen LogP contribution >= 0.6 is 11.6 Å². The third-order valence-corrected chi connectivity index (χ3v) is 4.78. The highest BCUT2D eigenvalue weighted by Gasteiger charge is 2.30. The molecule has 116 valence electrons. The molecule has 0 saturated heterocycles. The summed E-state index contributed by atoms with van der Waals surface area (Å²) < 4.78 is 0. The quantitative estimate of drug-likeness (QED) is 0.747. The molecule has 1 atom stereocenters. The molecule has 1 N–H and O–H groups in total. The number of carbonyl (C=O) groups is 1. The Morgan fingerprint density at radius 2 is 2.13 bits per heavy atom. The smallest absolute Gasteiger partial charge is 0.231 e. The SMILES string of the molecule is CC1Cc2ccccc2N1C(=O)Cc1c[nH]c2ccc(Cl)cc12. The maximum atomic E-state index is 12.9. The monoisotopic (exact) mass is 324 g/mol. The predicted molar refractivity (Wildman–Crippen MR) is 94.1 cm³/mol. The van der Waals surface area contributed by atoms with Crippen LogP contribution in [0.2, 0.25) is 5.02 Å². The highest BCUT2D eigenvalue weighted by atomic mass is 35.5. The van der Waals surface area contributed by atoms with Gasteiger partial charge in [-0.05, 0) is 48.7 Å². The predicted octanol–water partition coefficient (Wildman–Crippen LogP) is 4.34. The van der Waals surface area contributed by atoms with Crippen LogP contribution in [-0.4, -0.2) is 16.9 Å². The van der Waals surface area contributed by atoms with E-state index >= 15 is 0 Å². The van der Waals surface area contributed by atoms with E-state index in [-0.39, 0.29) is 11.9 Å². The Labute approximate surface area is 139 Å². The fourth-order valence-corrected chi connectivity index (χ4v) is 3.66. The van der Waals surface area contributed by atoms with E-state index in [0.29, 0.717) is 11.4 Å². The standard InChI is InChI=1S/C19H17ClN2O/c1-12-8-13-4-2-3-5-18(13)22(12)19(23)9-14-11-21-17-7-6-15(20)10-16(14)17/h2-7,10-12,21H,8-9H2,1H3. The van der Waals surface area contributed by atoms with Gasteiger partial charge in [0.1, 0.15) is 0 Å². The third-order valence-electron chi connectivity index (χ3n) is 4.55. The number of amides is 1. The van der Waals surface area contributed by atoms with Gasteiger partial charge in [-0.1, -0.05) is 29.8 Å². The second kappa shape index (κ2) is 5.43. The molecular weight excluding hydrogens is 308 g/mol. The van der Waals surface area contributed by atoms with Crippen LogP contribution in [0.15, 0.2) is 48.7 Å². The first-order valence-electron chi connectivity index (χ1n) is 7.79. The van der Waals surface area contributed by atoms with Crippen LogP contribution < -0.4 is 4.90 Å². The van der Waals surface area contributed by atoms with Gasteiger partial charge in [-0.3, -0.25) is 4.79 Å². The van der Waals surface area contributed by atoms with Gasteiger partial charge in [-0.15, -0.1) is 0 Å². The van der Waals surface area contributed by atoms with Crippen molar-refractivity contribution >= 4 is 34.1 Å². The summed E-state index contributed by atoms with van der Waals surface area (Å²) >= 11 is 6.09. The maximum Gasteiger partial charge on any atom is 0.231 e. The van der Waals surface area contributed by atoms with Crippen LogP contribution in [0.25, 0.3) is 10.9 Å². The fraction of sp³-hybridized carbons (Fsp3) is 0.211. The van der Waals surface area contributed by atoms with Crippen molar-refractivity contribution in [2.75, 3.05) is 4.90 Å². The first kappa shape index (κ1) is 14.3. The number of benzene rings is 2. The third kappa shape index (κ3) is 2.41. The number of fused-ring (bicyclic) bond motifs is 2. The molecule has 0 spiro atoms. The number of nitrogens with zero attached hydrogens (tertiary/aromatic N) is 1. The van der Waals surface area contributed by atoms with E-state index in [2.05, 4.69) is 18.0 Å². The molecule has 0 aliphatic carbocycles. The molecule has 4 heteroatoms. The first-order valence-corrected chi connectivity index (χ1v) is 8.17. The molecule has 1 aromatic heterocycles. The summed E-state index contributed by atoms with van der Waals surface area (Å²) in [6, 6.07) is 14.1. The van der Waals surface area contributed by atoms with Crippen molar-refractivity contribution in [1.82, 2.24) is 4.98 Å². The number of H-pyrrole nitrogens is 1. The van der Waals surface area contributed by atoms with Crippen LogP contribution in [0.4, 0.5) is 5.69 Å². The molecule has 0 saturated carbocycles. The molecule has 0 radical (unpaired) electrons. The molecule has 4 rings (SSSR count). The molecule has 23 heavy (non-hydrogen) atoms. The van der Waals surface area contributed by atoms with Crippen LogP contribution in [0, 0.1) is 0 Å². The van der Waals surface area contributed by atoms with E-state index in [1.807, 2.05) is 47.5 Å². The van der Waals surface area contributed by atoms with E-state index in [4.69, 9.17) is 11.6 Å². The molecular formula is C19H17ClN2O. The number of hydrogen-bond acceptors (Lipinski definition) is 1. The highest BCUT2D eigenvalue weighted by molar-refractivity contribution is 6.31. The summed E-state index contributed by atoms with van der Waals surface area (Å²) in [5.74, 6) is 0.128. The summed E-state index contributed by atoms with van der Waals surface area (Å²) in [6.07, 6.45) is 3.20. The number of hydrogen-bond donors (Lipinski definition) is 1. The zero-order chi connectivity index (χ0) is 16.0. The topological polar surface area (TPSA) is 36.1 Å². The van der Waals surface area contributed by atoms with Gasteiger partial charge in [0.05, 0.1) is 6.42 Å².